The molecule has 1 aliphatic heterocycles. The molecule has 0 amide bonds. The first-order chi connectivity index (χ1) is 11.1. The first-order valence-electron chi connectivity index (χ1n) is 8.55. The van der Waals surface area contributed by atoms with Gasteiger partial charge in [-0.05, 0) is 23.6 Å². The van der Waals surface area contributed by atoms with Crippen molar-refractivity contribution in [3.63, 3.8) is 0 Å². The van der Waals surface area contributed by atoms with Crippen LogP contribution in [0.4, 0.5) is 0 Å². The Bertz CT molecular complexity index is 442. The highest BCUT2D eigenvalue weighted by molar-refractivity contribution is 5.28. The number of ether oxygens (including phenoxy) is 1. The first-order valence-corrected chi connectivity index (χ1v) is 8.55. The Kier molecular flexibility index (Phi) is 7.30. The molecule has 1 saturated heterocycles. The van der Waals surface area contributed by atoms with Crippen molar-refractivity contribution >= 4 is 0 Å². The fourth-order valence-corrected chi connectivity index (χ4v) is 2.83. The van der Waals surface area contributed by atoms with Crippen LogP contribution in [0.25, 0.3) is 0 Å². The molecule has 1 aliphatic rings. The highest BCUT2D eigenvalue weighted by atomic mass is 16.5. The molecule has 1 atom stereocenters. The van der Waals surface area contributed by atoms with Crippen molar-refractivity contribution in [1.82, 2.24) is 9.80 Å². The lowest BCUT2D eigenvalue weighted by atomic mass is 10.0. The van der Waals surface area contributed by atoms with Crippen molar-refractivity contribution in [2.24, 2.45) is 0 Å². The number of benzene rings is 1. The smallest absolute Gasteiger partial charge is 0.119 e. The molecule has 23 heavy (non-hydrogen) atoms. The average molecular weight is 322 g/mol. The lowest BCUT2D eigenvalue weighted by molar-refractivity contribution is 0.0428. The number of aliphatic hydroxyl groups excluding tert-OH is 2. The molecule has 5 heteroatoms. The lowest BCUT2D eigenvalue weighted by Gasteiger charge is -2.35. The minimum absolute atomic E-state index is 0.214. The summed E-state index contributed by atoms with van der Waals surface area (Å²) in [5.74, 6) is 1.32. The molecule has 0 saturated carbocycles. The molecular formula is C18H30N2O3. The van der Waals surface area contributed by atoms with Gasteiger partial charge >= 0.3 is 0 Å². The fraction of sp³-hybridized carbons (Fsp3) is 0.667. The van der Waals surface area contributed by atoms with Gasteiger partial charge in [0.25, 0.3) is 0 Å². The van der Waals surface area contributed by atoms with Crippen molar-refractivity contribution in [2.45, 2.75) is 25.9 Å². The molecule has 0 spiro atoms. The van der Waals surface area contributed by atoms with Gasteiger partial charge < -0.3 is 14.9 Å². The largest absolute Gasteiger partial charge is 0.491 e. The van der Waals surface area contributed by atoms with Crippen LogP contribution in [0.15, 0.2) is 24.3 Å². The molecule has 0 radical (unpaired) electrons. The molecule has 0 aromatic heterocycles. The number of aliphatic hydroxyl groups is 2. The third-order valence-corrected chi connectivity index (χ3v) is 4.34. The first kappa shape index (κ1) is 18.2. The van der Waals surface area contributed by atoms with E-state index in [2.05, 4.69) is 35.8 Å². The molecule has 5 nitrogen and oxygen atoms in total. The lowest BCUT2D eigenvalue weighted by Crippen LogP contribution is -2.49. The topological polar surface area (TPSA) is 56.2 Å². The summed E-state index contributed by atoms with van der Waals surface area (Å²) >= 11 is 0. The van der Waals surface area contributed by atoms with Gasteiger partial charge in [-0.25, -0.2) is 0 Å². The molecule has 2 rings (SSSR count). The maximum Gasteiger partial charge on any atom is 0.119 e. The van der Waals surface area contributed by atoms with Gasteiger partial charge in [-0.1, -0.05) is 26.0 Å². The van der Waals surface area contributed by atoms with Gasteiger partial charge in [0.2, 0.25) is 0 Å². The standard InChI is InChI=1S/C18H30N2O3/c1-15(2)16-3-5-18(6-4-16)23-14-17(22)13-20-9-7-19(8-10-20)11-12-21/h3-6,15,17,21-22H,7-14H2,1-2H3/t17-/m0/s1. The van der Waals surface area contributed by atoms with Crippen LogP contribution in [-0.2, 0) is 0 Å². The molecule has 0 bridgehead atoms. The minimum Gasteiger partial charge on any atom is -0.491 e. The number of hydrogen-bond acceptors (Lipinski definition) is 5. The molecule has 130 valence electrons. The zero-order valence-corrected chi connectivity index (χ0v) is 14.3. The summed E-state index contributed by atoms with van der Waals surface area (Å²) in [6.45, 7) is 10.0. The Morgan fingerprint density at radius 3 is 2.22 bits per heavy atom. The van der Waals surface area contributed by atoms with E-state index < -0.39 is 6.10 Å². The minimum atomic E-state index is -0.482. The van der Waals surface area contributed by atoms with Crippen LogP contribution in [0.1, 0.15) is 25.3 Å². The van der Waals surface area contributed by atoms with E-state index in [0.717, 1.165) is 38.5 Å². The number of β-amino-alcohol motifs (C(OH)–C–C–N with tert-alkyl or cyclic N) is 2. The Balaban J connectivity index is 1.68. The van der Waals surface area contributed by atoms with Crippen LogP contribution >= 0.6 is 0 Å². The van der Waals surface area contributed by atoms with E-state index in [-0.39, 0.29) is 6.61 Å². The number of rotatable bonds is 8. The van der Waals surface area contributed by atoms with E-state index in [1.165, 1.54) is 5.56 Å². The quantitative estimate of drug-likeness (QED) is 0.752. The Morgan fingerprint density at radius 2 is 1.65 bits per heavy atom. The van der Waals surface area contributed by atoms with E-state index in [1.54, 1.807) is 0 Å². The van der Waals surface area contributed by atoms with Crippen molar-refractivity contribution in [3.05, 3.63) is 29.8 Å². The van der Waals surface area contributed by atoms with Gasteiger partial charge in [-0.2, -0.15) is 0 Å². The second-order valence-corrected chi connectivity index (χ2v) is 6.55. The highest BCUT2D eigenvalue weighted by Crippen LogP contribution is 2.18. The zero-order valence-electron chi connectivity index (χ0n) is 14.3. The summed E-state index contributed by atoms with van der Waals surface area (Å²) in [5, 5.41) is 19.1. The van der Waals surface area contributed by atoms with E-state index in [9.17, 15) is 5.11 Å². The van der Waals surface area contributed by atoms with Crippen LogP contribution in [0.3, 0.4) is 0 Å². The summed E-state index contributed by atoms with van der Waals surface area (Å²) in [5.41, 5.74) is 1.29. The van der Waals surface area contributed by atoms with Crippen LogP contribution < -0.4 is 4.74 Å². The third kappa shape index (κ3) is 6.11. The van der Waals surface area contributed by atoms with Gasteiger partial charge in [0, 0.05) is 39.3 Å². The predicted molar refractivity (Wildman–Crippen MR) is 92.0 cm³/mol. The molecular weight excluding hydrogens is 292 g/mol. The molecule has 2 N–H and O–H groups in total. The monoisotopic (exact) mass is 322 g/mol. The maximum absolute atomic E-state index is 10.2. The van der Waals surface area contributed by atoms with Crippen molar-refractivity contribution < 1.29 is 14.9 Å². The summed E-state index contributed by atoms with van der Waals surface area (Å²) in [6.07, 6.45) is -0.482. The summed E-state index contributed by atoms with van der Waals surface area (Å²) in [4.78, 5) is 4.50. The average Bonchev–Trinajstić information content (AvgIpc) is 2.55. The van der Waals surface area contributed by atoms with Gasteiger partial charge in [0.05, 0.1) is 6.61 Å². The summed E-state index contributed by atoms with van der Waals surface area (Å²) < 4.78 is 5.68. The SMILES string of the molecule is CC(C)c1ccc(OC[C@@H](O)CN2CCN(CCO)CC2)cc1. The van der Waals surface area contributed by atoms with Crippen molar-refractivity contribution in [1.29, 1.82) is 0 Å². The van der Waals surface area contributed by atoms with E-state index in [4.69, 9.17) is 9.84 Å². The van der Waals surface area contributed by atoms with Crippen LogP contribution in [0.2, 0.25) is 0 Å². The third-order valence-electron chi connectivity index (χ3n) is 4.34. The highest BCUT2D eigenvalue weighted by Gasteiger charge is 2.19. The van der Waals surface area contributed by atoms with Crippen LogP contribution in [0, 0.1) is 0 Å². The molecule has 0 aliphatic carbocycles. The van der Waals surface area contributed by atoms with Crippen LogP contribution in [-0.4, -0.2) is 78.6 Å². The van der Waals surface area contributed by atoms with E-state index >= 15 is 0 Å². The van der Waals surface area contributed by atoms with Crippen molar-refractivity contribution in [2.75, 3.05) is 52.5 Å². The Labute approximate surface area is 139 Å². The zero-order chi connectivity index (χ0) is 16.7. The normalized spacial score (nSPS) is 18.3. The molecule has 0 unspecified atom stereocenters. The number of hydrogen-bond donors (Lipinski definition) is 2. The summed E-state index contributed by atoms with van der Waals surface area (Å²) in [6, 6.07) is 8.09. The molecule has 1 aromatic carbocycles. The summed E-state index contributed by atoms with van der Waals surface area (Å²) in [7, 11) is 0. The van der Waals surface area contributed by atoms with E-state index in [0.29, 0.717) is 19.1 Å². The fourth-order valence-electron chi connectivity index (χ4n) is 2.83. The maximum atomic E-state index is 10.2. The van der Waals surface area contributed by atoms with Gasteiger partial charge in [0.1, 0.15) is 18.5 Å². The van der Waals surface area contributed by atoms with Crippen molar-refractivity contribution in [3.8, 4) is 5.75 Å². The molecule has 1 heterocycles. The molecule has 1 aromatic rings. The number of piperazine rings is 1. The van der Waals surface area contributed by atoms with Crippen LogP contribution in [0.5, 0.6) is 5.75 Å². The van der Waals surface area contributed by atoms with E-state index in [1.807, 2.05) is 12.1 Å². The van der Waals surface area contributed by atoms with Gasteiger partial charge in [-0.15, -0.1) is 0 Å². The van der Waals surface area contributed by atoms with Gasteiger partial charge in [-0.3, -0.25) is 9.80 Å². The molecule has 1 fully saturated rings. The second-order valence-electron chi connectivity index (χ2n) is 6.55. The Morgan fingerprint density at radius 1 is 1.04 bits per heavy atom. The van der Waals surface area contributed by atoms with Gasteiger partial charge in [0.15, 0.2) is 0 Å². The predicted octanol–water partition coefficient (Wildman–Crippen LogP) is 1.16. The number of nitrogens with zero attached hydrogens (tertiary/aromatic N) is 2. The Hall–Kier alpha value is -1.14. The second kappa shape index (κ2) is 9.23.